The van der Waals surface area contributed by atoms with Crippen molar-refractivity contribution >= 4 is 17.5 Å². The Hall–Kier alpha value is -2.17. The molecule has 0 saturated heterocycles. The molecule has 0 radical (unpaired) electrons. The average molecular weight is 297 g/mol. The van der Waals surface area contributed by atoms with Gasteiger partial charge in [0.2, 0.25) is 5.95 Å². The van der Waals surface area contributed by atoms with E-state index in [1.807, 2.05) is 18.2 Å². The Kier molecular flexibility index (Phi) is 4.83. The summed E-state index contributed by atoms with van der Waals surface area (Å²) < 4.78 is 0. The van der Waals surface area contributed by atoms with Gasteiger partial charge in [-0.05, 0) is 30.9 Å². The van der Waals surface area contributed by atoms with Crippen LogP contribution in [0.1, 0.15) is 44.6 Å². The van der Waals surface area contributed by atoms with E-state index in [1.54, 1.807) is 6.20 Å². The molecular formula is C17H23N5. The topological polar surface area (TPSA) is 62.7 Å². The molecule has 1 aliphatic carbocycles. The van der Waals surface area contributed by atoms with Gasteiger partial charge in [-0.2, -0.15) is 10.1 Å². The summed E-state index contributed by atoms with van der Waals surface area (Å²) in [4.78, 5) is 4.54. The van der Waals surface area contributed by atoms with Crippen molar-refractivity contribution in [2.45, 2.75) is 51.5 Å². The summed E-state index contributed by atoms with van der Waals surface area (Å²) in [5.41, 5.74) is 2.29. The number of nitrogens with one attached hydrogen (secondary N) is 2. The summed E-state index contributed by atoms with van der Waals surface area (Å²) in [6, 6.07) is 8.73. The zero-order valence-corrected chi connectivity index (χ0v) is 13.0. The second kappa shape index (κ2) is 7.20. The number of aryl methyl sites for hydroxylation is 1. The lowest BCUT2D eigenvalue weighted by molar-refractivity contribution is 0.461. The van der Waals surface area contributed by atoms with Gasteiger partial charge in [0.25, 0.3) is 0 Å². The number of nitrogens with zero attached hydrogens (tertiary/aromatic N) is 3. The van der Waals surface area contributed by atoms with E-state index in [4.69, 9.17) is 0 Å². The van der Waals surface area contributed by atoms with Gasteiger partial charge in [-0.25, -0.2) is 0 Å². The monoisotopic (exact) mass is 297 g/mol. The summed E-state index contributed by atoms with van der Waals surface area (Å²) >= 11 is 0. The van der Waals surface area contributed by atoms with Crippen molar-refractivity contribution in [3.05, 3.63) is 36.0 Å². The van der Waals surface area contributed by atoms with Crippen LogP contribution >= 0.6 is 0 Å². The molecule has 0 aliphatic heterocycles. The molecule has 1 aliphatic rings. The van der Waals surface area contributed by atoms with Gasteiger partial charge >= 0.3 is 0 Å². The summed E-state index contributed by atoms with van der Waals surface area (Å²) in [6.07, 6.45) is 9.04. The Bertz CT molecular complexity index is 608. The fraction of sp³-hybridized carbons (Fsp3) is 0.471. The van der Waals surface area contributed by atoms with E-state index in [2.05, 4.69) is 38.8 Å². The largest absolute Gasteiger partial charge is 0.366 e. The Morgan fingerprint density at radius 3 is 2.77 bits per heavy atom. The summed E-state index contributed by atoms with van der Waals surface area (Å²) in [5, 5.41) is 14.9. The molecule has 0 amide bonds. The fourth-order valence-corrected chi connectivity index (χ4v) is 2.95. The highest BCUT2D eigenvalue weighted by atomic mass is 15.3. The van der Waals surface area contributed by atoms with E-state index in [0.29, 0.717) is 12.0 Å². The highest BCUT2D eigenvalue weighted by Crippen LogP contribution is 2.22. The number of rotatable bonds is 5. The third kappa shape index (κ3) is 3.72. The van der Waals surface area contributed by atoms with Crippen molar-refractivity contribution in [1.29, 1.82) is 0 Å². The molecule has 0 spiro atoms. The van der Waals surface area contributed by atoms with E-state index in [-0.39, 0.29) is 0 Å². The normalized spacial score (nSPS) is 15.5. The van der Waals surface area contributed by atoms with Crippen LogP contribution in [0.2, 0.25) is 0 Å². The maximum absolute atomic E-state index is 4.54. The van der Waals surface area contributed by atoms with Gasteiger partial charge in [-0.3, -0.25) is 0 Å². The van der Waals surface area contributed by atoms with Crippen LogP contribution in [0.4, 0.5) is 17.5 Å². The number of aromatic nitrogens is 3. The van der Waals surface area contributed by atoms with E-state index in [9.17, 15) is 0 Å². The van der Waals surface area contributed by atoms with Crippen LogP contribution in [0.5, 0.6) is 0 Å². The highest BCUT2D eigenvalue weighted by molar-refractivity contribution is 5.58. The SMILES string of the molecule is CCc1ccccc1Nc1nncc(NC2CCCCC2)n1. The molecule has 5 heteroatoms. The third-order valence-corrected chi connectivity index (χ3v) is 4.16. The maximum atomic E-state index is 4.54. The molecule has 1 aromatic carbocycles. The Morgan fingerprint density at radius 2 is 1.95 bits per heavy atom. The molecule has 2 N–H and O–H groups in total. The predicted octanol–water partition coefficient (Wildman–Crippen LogP) is 3.92. The standard InChI is InChI=1S/C17H23N5/c1-2-13-8-6-7-11-15(13)20-17-21-16(12-18-22-17)19-14-9-4-3-5-10-14/h6-8,11-12,14H,2-5,9-10H2,1H3,(H2,19,20,21,22). The molecule has 1 fully saturated rings. The van der Waals surface area contributed by atoms with Crippen molar-refractivity contribution in [2.75, 3.05) is 10.6 Å². The minimum Gasteiger partial charge on any atom is -0.366 e. The van der Waals surface area contributed by atoms with E-state index < -0.39 is 0 Å². The van der Waals surface area contributed by atoms with Crippen molar-refractivity contribution in [1.82, 2.24) is 15.2 Å². The van der Waals surface area contributed by atoms with Crippen LogP contribution < -0.4 is 10.6 Å². The van der Waals surface area contributed by atoms with Gasteiger partial charge in [0, 0.05) is 11.7 Å². The van der Waals surface area contributed by atoms with Gasteiger partial charge in [0.05, 0.1) is 6.20 Å². The second-order valence-electron chi connectivity index (χ2n) is 5.78. The van der Waals surface area contributed by atoms with Gasteiger partial charge in [0.1, 0.15) is 0 Å². The highest BCUT2D eigenvalue weighted by Gasteiger charge is 2.14. The summed E-state index contributed by atoms with van der Waals surface area (Å²) in [7, 11) is 0. The van der Waals surface area contributed by atoms with E-state index >= 15 is 0 Å². The molecule has 0 bridgehead atoms. The lowest BCUT2D eigenvalue weighted by Gasteiger charge is -2.23. The summed E-state index contributed by atoms with van der Waals surface area (Å²) in [5.74, 6) is 1.35. The van der Waals surface area contributed by atoms with Gasteiger partial charge in [-0.1, -0.05) is 44.4 Å². The average Bonchev–Trinajstić information content (AvgIpc) is 2.57. The predicted molar refractivity (Wildman–Crippen MR) is 89.4 cm³/mol. The molecule has 1 heterocycles. The molecule has 1 saturated carbocycles. The van der Waals surface area contributed by atoms with Crippen molar-refractivity contribution in [3.8, 4) is 0 Å². The first-order chi connectivity index (χ1) is 10.8. The van der Waals surface area contributed by atoms with Crippen LogP contribution in [-0.2, 0) is 6.42 Å². The van der Waals surface area contributed by atoms with Crippen LogP contribution in [0.15, 0.2) is 30.5 Å². The van der Waals surface area contributed by atoms with Crippen LogP contribution in [0.3, 0.4) is 0 Å². The lowest BCUT2D eigenvalue weighted by Crippen LogP contribution is -2.23. The van der Waals surface area contributed by atoms with Gasteiger partial charge in [-0.15, -0.1) is 5.10 Å². The van der Waals surface area contributed by atoms with Crippen molar-refractivity contribution in [3.63, 3.8) is 0 Å². The Balaban J connectivity index is 1.70. The number of hydrogen-bond donors (Lipinski definition) is 2. The maximum Gasteiger partial charge on any atom is 0.249 e. The third-order valence-electron chi connectivity index (χ3n) is 4.16. The van der Waals surface area contributed by atoms with Crippen molar-refractivity contribution in [2.24, 2.45) is 0 Å². The van der Waals surface area contributed by atoms with E-state index in [0.717, 1.165) is 17.9 Å². The molecular weight excluding hydrogens is 274 g/mol. The van der Waals surface area contributed by atoms with E-state index in [1.165, 1.54) is 37.7 Å². The molecule has 0 atom stereocenters. The minimum atomic E-state index is 0.515. The molecule has 22 heavy (non-hydrogen) atoms. The number of benzene rings is 1. The summed E-state index contributed by atoms with van der Waals surface area (Å²) in [6.45, 7) is 2.14. The minimum absolute atomic E-state index is 0.515. The zero-order chi connectivity index (χ0) is 15.2. The smallest absolute Gasteiger partial charge is 0.249 e. The molecule has 116 valence electrons. The first-order valence-electron chi connectivity index (χ1n) is 8.16. The fourth-order valence-electron chi connectivity index (χ4n) is 2.95. The van der Waals surface area contributed by atoms with Crippen LogP contribution in [-0.4, -0.2) is 21.2 Å². The zero-order valence-electron chi connectivity index (χ0n) is 13.0. The van der Waals surface area contributed by atoms with Crippen LogP contribution in [0.25, 0.3) is 0 Å². The first-order valence-corrected chi connectivity index (χ1v) is 8.16. The van der Waals surface area contributed by atoms with Gasteiger partial charge in [0.15, 0.2) is 5.82 Å². The molecule has 3 rings (SSSR count). The van der Waals surface area contributed by atoms with Crippen LogP contribution in [0, 0.1) is 0 Å². The Labute approximate surface area is 131 Å². The number of anilines is 3. The van der Waals surface area contributed by atoms with Crippen molar-refractivity contribution < 1.29 is 0 Å². The van der Waals surface area contributed by atoms with Gasteiger partial charge < -0.3 is 10.6 Å². The molecule has 1 aromatic heterocycles. The molecule has 5 nitrogen and oxygen atoms in total. The number of hydrogen-bond acceptors (Lipinski definition) is 5. The first kappa shape index (κ1) is 14.8. The quantitative estimate of drug-likeness (QED) is 0.875. The molecule has 0 unspecified atom stereocenters. The number of para-hydroxylation sites is 1. The second-order valence-corrected chi connectivity index (χ2v) is 5.78. The Morgan fingerprint density at radius 1 is 1.14 bits per heavy atom. The molecule has 2 aromatic rings. The lowest BCUT2D eigenvalue weighted by atomic mass is 9.96.